The Kier molecular flexibility index (Phi) is 10.4. The molecule has 44 heavy (non-hydrogen) atoms. The number of para-hydroxylation sites is 1. The Morgan fingerprint density at radius 3 is 2.14 bits per heavy atom. The van der Waals surface area contributed by atoms with Gasteiger partial charge in [0, 0.05) is 24.6 Å². The van der Waals surface area contributed by atoms with Crippen molar-refractivity contribution in [3.63, 3.8) is 0 Å². The molecule has 1 heterocycles. The minimum absolute atomic E-state index is 0.167. The van der Waals surface area contributed by atoms with E-state index in [1.165, 1.54) is 5.06 Å². The van der Waals surface area contributed by atoms with Crippen LogP contribution in [0.4, 0.5) is 0 Å². The van der Waals surface area contributed by atoms with Gasteiger partial charge in [-0.25, -0.2) is 0 Å². The van der Waals surface area contributed by atoms with Gasteiger partial charge in [-0.2, -0.15) is 5.06 Å². The third-order valence-corrected chi connectivity index (χ3v) is 7.57. The van der Waals surface area contributed by atoms with Gasteiger partial charge in [-0.15, -0.1) is 0 Å². The van der Waals surface area contributed by atoms with Crippen LogP contribution in [0.3, 0.4) is 0 Å². The summed E-state index contributed by atoms with van der Waals surface area (Å²) in [5, 5.41) is 28.1. The van der Waals surface area contributed by atoms with Crippen molar-refractivity contribution in [1.82, 2.24) is 15.7 Å². The van der Waals surface area contributed by atoms with Crippen LogP contribution in [0.1, 0.15) is 34.0 Å². The van der Waals surface area contributed by atoms with Gasteiger partial charge in [-0.3, -0.25) is 14.4 Å². The summed E-state index contributed by atoms with van der Waals surface area (Å²) >= 11 is 0. The molecule has 1 fully saturated rings. The fourth-order valence-electron chi connectivity index (χ4n) is 5.36. The normalized spacial score (nSPS) is 18.8. The molecule has 4 N–H and O–H groups in total. The van der Waals surface area contributed by atoms with Crippen LogP contribution < -0.4 is 15.4 Å². The van der Waals surface area contributed by atoms with Gasteiger partial charge >= 0.3 is 0 Å². The number of hydroxylamine groups is 2. The molecule has 228 valence electrons. The predicted molar refractivity (Wildman–Crippen MR) is 165 cm³/mol. The van der Waals surface area contributed by atoms with E-state index in [4.69, 9.17) is 9.57 Å². The van der Waals surface area contributed by atoms with Crippen LogP contribution in [0.5, 0.6) is 11.5 Å². The highest BCUT2D eigenvalue weighted by Gasteiger charge is 2.49. The Balaban J connectivity index is 1.23. The van der Waals surface area contributed by atoms with E-state index in [1.54, 1.807) is 19.1 Å². The first kappa shape index (κ1) is 30.9. The molecule has 1 aliphatic rings. The summed E-state index contributed by atoms with van der Waals surface area (Å²) in [4.78, 5) is 32.1. The number of hydrogen-bond acceptors (Lipinski definition) is 7. The van der Waals surface area contributed by atoms with E-state index in [-0.39, 0.29) is 31.5 Å². The Morgan fingerprint density at radius 1 is 0.818 bits per heavy atom. The fraction of sp³-hybridized carbons (Fsp3) is 0.257. The molecule has 0 unspecified atom stereocenters. The molecule has 0 spiro atoms. The van der Waals surface area contributed by atoms with Crippen LogP contribution in [-0.4, -0.2) is 51.9 Å². The second-order valence-corrected chi connectivity index (χ2v) is 10.8. The molecule has 1 aliphatic heterocycles. The van der Waals surface area contributed by atoms with Crippen molar-refractivity contribution < 1.29 is 29.4 Å². The second kappa shape index (κ2) is 14.8. The number of nitrogens with zero attached hydrogens (tertiary/aromatic N) is 1. The molecule has 0 radical (unpaired) electrons. The molecule has 0 aliphatic carbocycles. The third kappa shape index (κ3) is 7.89. The van der Waals surface area contributed by atoms with E-state index in [0.717, 1.165) is 22.4 Å². The molecule has 1 saturated heterocycles. The number of benzene rings is 4. The number of amides is 2. The number of aliphatic hydroxyl groups is 2. The van der Waals surface area contributed by atoms with Crippen LogP contribution >= 0.6 is 0 Å². The van der Waals surface area contributed by atoms with Gasteiger partial charge in [-0.05, 0) is 60.0 Å². The molecule has 4 aromatic carbocycles. The zero-order valence-corrected chi connectivity index (χ0v) is 24.5. The van der Waals surface area contributed by atoms with E-state index in [0.29, 0.717) is 17.9 Å². The average molecular weight is 596 g/mol. The number of ether oxygens (including phenoxy) is 1. The Morgan fingerprint density at radius 2 is 1.45 bits per heavy atom. The molecular weight excluding hydrogens is 558 g/mol. The molecule has 0 bridgehead atoms. The maximum atomic E-state index is 13.6. The maximum absolute atomic E-state index is 13.6. The van der Waals surface area contributed by atoms with E-state index in [9.17, 15) is 19.8 Å². The number of carbonyl (C=O) groups is 2. The Labute approximate surface area is 257 Å². The smallest absolute Gasteiger partial charge is 0.251 e. The highest BCUT2D eigenvalue weighted by atomic mass is 16.7. The summed E-state index contributed by atoms with van der Waals surface area (Å²) in [6, 6.07) is 32.7. The minimum Gasteiger partial charge on any atom is -0.457 e. The first-order valence-corrected chi connectivity index (χ1v) is 14.6. The highest BCUT2D eigenvalue weighted by Crippen LogP contribution is 2.32. The molecule has 4 atom stereocenters. The van der Waals surface area contributed by atoms with Gasteiger partial charge in [0.1, 0.15) is 23.6 Å². The van der Waals surface area contributed by atoms with E-state index >= 15 is 0 Å². The van der Waals surface area contributed by atoms with Crippen molar-refractivity contribution in [2.45, 2.75) is 44.8 Å². The summed E-state index contributed by atoms with van der Waals surface area (Å²) in [5.74, 6) is 0.292. The molecule has 0 saturated carbocycles. The van der Waals surface area contributed by atoms with E-state index in [2.05, 4.69) is 10.6 Å². The van der Waals surface area contributed by atoms with E-state index < -0.39 is 24.2 Å². The number of rotatable bonds is 12. The van der Waals surface area contributed by atoms with Gasteiger partial charge in [0.25, 0.3) is 5.91 Å². The molecule has 5 rings (SSSR count). The van der Waals surface area contributed by atoms with Crippen LogP contribution in [0, 0.1) is 5.92 Å². The quantitative estimate of drug-likeness (QED) is 0.194. The number of nitrogens with one attached hydrogen (secondary N) is 2. The summed E-state index contributed by atoms with van der Waals surface area (Å²) in [6.07, 6.45) is -1.64. The van der Waals surface area contributed by atoms with Crippen LogP contribution in [0.15, 0.2) is 109 Å². The minimum atomic E-state index is -0.901. The first-order chi connectivity index (χ1) is 21.4. The van der Waals surface area contributed by atoms with Crippen molar-refractivity contribution in [2.24, 2.45) is 5.92 Å². The van der Waals surface area contributed by atoms with Crippen molar-refractivity contribution in [3.05, 3.63) is 131 Å². The van der Waals surface area contributed by atoms with Crippen LogP contribution in [0.25, 0.3) is 0 Å². The van der Waals surface area contributed by atoms with Gasteiger partial charge < -0.3 is 25.6 Å². The second-order valence-electron chi connectivity index (χ2n) is 10.8. The molecule has 9 nitrogen and oxygen atoms in total. The monoisotopic (exact) mass is 595 g/mol. The first-order valence-electron chi connectivity index (χ1n) is 14.6. The van der Waals surface area contributed by atoms with Crippen molar-refractivity contribution in [3.8, 4) is 11.5 Å². The van der Waals surface area contributed by atoms with Crippen LogP contribution in [-0.2, 0) is 29.3 Å². The van der Waals surface area contributed by atoms with Crippen molar-refractivity contribution in [1.29, 1.82) is 0 Å². The van der Waals surface area contributed by atoms with Gasteiger partial charge in [-0.1, -0.05) is 72.8 Å². The lowest BCUT2D eigenvalue weighted by Crippen LogP contribution is -2.48. The predicted octanol–water partition coefficient (Wildman–Crippen LogP) is 4.20. The molecular formula is C35H37N3O6. The van der Waals surface area contributed by atoms with Gasteiger partial charge in [0.05, 0.1) is 19.3 Å². The standard InChI is InChI=1S/C35H37N3O6/c1-24(40)32-31(23-39)44-38(22-27-10-8-9-26(19-27)21-36-34(41)28-11-4-2-5-12-28)33(32)35(42)37-20-25-15-17-30(18-16-25)43-29-13-6-3-7-14-29/h2-19,24,31-33,39-40H,20-23H2,1H3,(H,36,41)(H,37,42)/t24-,31-,32+,33-/m1/s1. The van der Waals surface area contributed by atoms with Crippen LogP contribution in [0.2, 0.25) is 0 Å². The van der Waals surface area contributed by atoms with Crippen molar-refractivity contribution in [2.75, 3.05) is 6.61 Å². The summed E-state index contributed by atoms with van der Waals surface area (Å²) in [7, 11) is 0. The molecule has 9 heteroatoms. The van der Waals surface area contributed by atoms with E-state index in [1.807, 2.05) is 97.1 Å². The topological polar surface area (TPSA) is 120 Å². The zero-order valence-electron chi connectivity index (χ0n) is 24.5. The zero-order chi connectivity index (χ0) is 30.9. The van der Waals surface area contributed by atoms with Gasteiger partial charge in [0.15, 0.2) is 0 Å². The summed E-state index contributed by atoms with van der Waals surface area (Å²) < 4.78 is 5.85. The number of aliphatic hydroxyl groups excluding tert-OH is 2. The lowest BCUT2D eigenvalue weighted by Gasteiger charge is -2.26. The highest BCUT2D eigenvalue weighted by molar-refractivity contribution is 5.94. The SMILES string of the molecule is C[C@@H](O)[C@H]1[C@@H](CO)ON(Cc2cccc(CNC(=O)c3ccccc3)c2)[C@H]1C(=O)NCc1ccc(Oc2ccccc2)cc1. The Hall–Kier alpha value is -4.54. The fourth-order valence-corrected chi connectivity index (χ4v) is 5.36. The summed E-state index contributed by atoms with van der Waals surface area (Å²) in [6.45, 7) is 2.09. The number of hydrogen-bond donors (Lipinski definition) is 4. The van der Waals surface area contributed by atoms with Gasteiger partial charge in [0.2, 0.25) is 5.91 Å². The Bertz CT molecular complexity index is 1510. The largest absolute Gasteiger partial charge is 0.457 e. The third-order valence-electron chi connectivity index (χ3n) is 7.57. The lowest BCUT2D eigenvalue weighted by atomic mass is 9.89. The summed E-state index contributed by atoms with van der Waals surface area (Å²) in [5.41, 5.74) is 3.20. The molecule has 0 aromatic heterocycles. The van der Waals surface area contributed by atoms with Crippen molar-refractivity contribution >= 4 is 11.8 Å². The molecule has 2 amide bonds. The average Bonchev–Trinajstić information content (AvgIpc) is 3.43. The maximum Gasteiger partial charge on any atom is 0.251 e. The molecule has 4 aromatic rings. The lowest BCUT2D eigenvalue weighted by molar-refractivity contribution is -0.181. The number of carbonyl (C=O) groups excluding carboxylic acids is 2.